The zero-order chi connectivity index (χ0) is 22.4. The van der Waals surface area contributed by atoms with Gasteiger partial charge in [0.2, 0.25) is 0 Å². The Hall–Kier alpha value is -3.02. The molecule has 0 aromatic heterocycles. The third kappa shape index (κ3) is 4.11. The van der Waals surface area contributed by atoms with E-state index >= 15 is 0 Å². The molecule has 0 bridgehead atoms. The summed E-state index contributed by atoms with van der Waals surface area (Å²) < 4.78 is 5.92. The number of aliphatic hydroxyl groups is 1. The average molecular weight is 413 g/mol. The lowest BCUT2D eigenvalue weighted by Gasteiger charge is -2.37. The second-order valence-corrected chi connectivity index (χ2v) is 8.99. The fraction of sp³-hybridized carbons (Fsp3) is 0.231. The Labute approximate surface area is 183 Å². The molecule has 5 heteroatoms. The quantitative estimate of drug-likeness (QED) is 0.322. The number of phenolic OH excluding ortho intramolecular Hbond substituents is 2. The largest absolute Gasteiger partial charge is 0.508 e. The SMILES string of the molecule is CC(C)(O)C(C)(C)O[B]c1cccc(-c2cc3ccc(O)cc3c3ccc(O)cc23)c1. The number of aromatic hydroxyl groups is 2. The van der Waals surface area contributed by atoms with Gasteiger partial charge < -0.3 is 20.0 Å². The number of benzene rings is 4. The third-order valence-electron chi connectivity index (χ3n) is 6.08. The first-order valence-electron chi connectivity index (χ1n) is 10.3. The number of hydrogen-bond donors (Lipinski definition) is 3. The molecule has 0 heterocycles. The van der Waals surface area contributed by atoms with Crippen molar-refractivity contribution in [3.8, 4) is 22.6 Å². The lowest BCUT2D eigenvalue weighted by molar-refractivity contribution is -0.0893. The normalized spacial score (nSPS) is 12.4. The van der Waals surface area contributed by atoms with Gasteiger partial charge in [-0.05, 0) is 90.7 Å². The number of hydrogen-bond acceptors (Lipinski definition) is 4. The van der Waals surface area contributed by atoms with E-state index < -0.39 is 11.2 Å². The van der Waals surface area contributed by atoms with E-state index in [0.717, 1.165) is 38.1 Å². The van der Waals surface area contributed by atoms with Gasteiger partial charge in [0.05, 0.1) is 11.2 Å². The molecule has 0 fully saturated rings. The summed E-state index contributed by atoms with van der Waals surface area (Å²) in [7, 11) is 1.67. The molecule has 0 aliphatic rings. The van der Waals surface area contributed by atoms with Gasteiger partial charge in [-0.15, -0.1) is 0 Å². The lowest BCUT2D eigenvalue weighted by Crippen LogP contribution is -2.49. The average Bonchev–Trinajstić information content (AvgIpc) is 2.71. The predicted octanol–water partition coefficient (Wildman–Crippen LogP) is 4.88. The van der Waals surface area contributed by atoms with Crippen LogP contribution >= 0.6 is 0 Å². The standard InChI is InChI=1S/C26H26BO4/c1-25(2,30)26(3,4)31-27-18-7-5-6-16(12-18)22-13-17-8-9-19(28)14-23(17)21-11-10-20(29)15-24(21)22/h5-15,28-30H,1-4H3. The number of fused-ring (bicyclic) bond motifs is 3. The molecule has 4 nitrogen and oxygen atoms in total. The molecule has 0 spiro atoms. The first-order valence-corrected chi connectivity index (χ1v) is 10.3. The predicted molar refractivity (Wildman–Crippen MR) is 127 cm³/mol. The molecule has 157 valence electrons. The van der Waals surface area contributed by atoms with Gasteiger partial charge in [-0.25, -0.2) is 0 Å². The minimum absolute atomic E-state index is 0.186. The minimum Gasteiger partial charge on any atom is -0.508 e. The first kappa shape index (κ1) is 21.2. The van der Waals surface area contributed by atoms with Crippen molar-refractivity contribution in [1.29, 1.82) is 0 Å². The smallest absolute Gasteiger partial charge is 0.330 e. The van der Waals surface area contributed by atoms with Gasteiger partial charge in [-0.3, -0.25) is 0 Å². The molecule has 31 heavy (non-hydrogen) atoms. The van der Waals surface area contributed by atoms with Crippen LogP contribution in [0.25, 0.3) is 32.7 Å². The fourth-order valence-electron chi connectivity index (χ4n) is 3.50. The van der Waals surface area contributed by atoms with E-state index in [1.54, 1.807) is 45.6 Å². The van der Waals surface area contributed by atoms with Crippen molar-refractivity contribution in [2.45, 2.75) is 38.9 Å². The van der Waals surface area contributed by atoms with Crippen LogP contribution < -0.4 is 5.46 Å². The molecule has 4 aromatic rings. The van der Waals surface area contributed by atoms with Gasteiger partial charge in [0.15, 0.2) is 0 Å². The highest BCUT2D eigenvalue weighted by Crippen LogP contribution is 2.37. The van der Waals surface area contributed by atoms with E-state index in [1.165, 1.54) is 0 Å². The van der Waals surface area contributed by atoms with Gasteiger partial charge in [0.1, 0.15) is 11.5 Å². The van der Waals surface area contributed by atoms with Crippen LogP contribution in [0.5, 0.6) is 11.5 Å². The Kier molecular flexibility index (Phi) is 5.20. The van der Waals surface area contributed by atoms with Crippen LogP contribution in [0.4, 0.5) is 0 Å². The molecular weight excluding hydrogens is 387 g/mol. The Balaban J connectivity index is 1.81. The topological polar surface area (TPSA) is 69.9 Å². The molecule has 0 aliphatic heterocycles. The van der Waals surface area contributed by atoms with Crippen LogP contribution in [-0.2, 0) is 4.65 Å². The Morgan fingerprint density at radius 2 is 1.42 bits per heavy atom. The molecule has 4 aromatic carbocycles. The maximum absolute atomic E-state index is 10.3. The van der Waals surface area contributed by atoms with E-state index in [1.807, 2.05) is 50.2 Å². The molecule has 0 saturated carbocycles. The summed E-state index contributed by atoms with van der Waals surface area (Å²) in [4.78, 5) is 0. The number of phenols is 2. The second kappa shape index (κ2) is 7.59. The Morgan fingerprint density at radius 3 is 2.13 bits per heavy atom. The first-order chi connectivity index (χ1) is 14.5. The highest BCUT2D eigenvalue weighted by molar-refractivity contribution is 6.47. The molecule has 1 radical (unpaired) electrons. The summed E-state index contributed by atoms with van der Waals surface area (Å²) in [5, 5.41) is 34.2. The highest BCUT2D eigenvalue weighted by Gasteiger charge is 2.35. The molecule has 0 saturated heterocycles. The van der Waals surface area contributed by atoms with Gasteiger partial charge in [-0.1, -0.05) is 41.9 Å². The molecule has 0 atom stereocenters. The van der Waals surface area contributed by atoms with Gasteiger partial charge in [0.25, 0.3) is 0 Å². The Morgan fingerprint density at radius 1 is 0.742 bits per heavy atom. The maximum atomic E-state index is 10.3. The van der Waals surface area contributed by atoms with Crippen LogP contribution in [0.1, 0.15) is 27.7 Å². The molecule has 0 aliphatic carbocycles. The van der Waals surface area contributed by atoms with Crippen molar-refractivity contribution < 1.29 is 20.0 Å². The highest BCUT2D eigenvalue weighted by atomic mass is 16.5. The third-order valence-corrected chi connectivity index (χ3v) is 6.08. The van der Waals surface area contributed by atoms with E-state index in [4.69, 9.17) is 4.65 Å². The Bertz CT molecular complexity index is 1270. The number of rotatable bonds is 5. The van der Waals surface area contributed by atoms with E-state index in [2.05, 4.69) is 6.07 Å². The molecule has 0 unspecified atom stereocenters. The summed E-state index contributed by atoms with van der Waals surface area (Å²) in [6, 6.07) is 20.6. The zero-order valence-electron chi connectivity index (χ0n) is 18.2. The zero-order valence-corrected chi connectivity index (χ0v) is 18.2. The summed E-state index contributed by atoms with van der Waals surface area (Å²) in [5.41, 5.74) is 1.06. The van der Waals surface area contributed by atoms with Crippen molar-refractivity contribution in [2.24, 2.45) is 0 Å². The van der Waals surface area contributed by atoms with Crippen molar-refractivity contribution >= 4 is 34.5 Å². The molecule has 0 amide bonds. The van der Waals surface area contributed by atoms with Crippen LogP contribution in [0.2, 0.25) is 0 Å². The van der Waals surface area contributed by atoms with Gasteiger partial charge in [-0.2, -0.15) is 0 Å². The lowest BCUT2D eigenvalue weighted by atomic mass is 9.81. The second-order valence-electron chi connectivity index (χ2n) is 8.99. The maximum Gasteiger partial charge on any atom is 0.330 e. The summed E-state index contributed by atoms with van der Waals surface area (Å²) in [6.07, 6.45) is 0. The molecule has 3 N–H and O–H groups in total. The van der Waals surface area contributed by atoms with Gasteiger partial charge >= 0.3 is 7.48 Å². The summed E-state index contributed by atoms with van der Waals surface area (Å²) in [6.45, 7) is 7.15. The van der Waals surface area contributed by atoms with Crippen molar-refractivity contribution in [2.75, 3.05) is 0 Å². The van der Waals surface area contributed by atoms with Crippen LogP contribution in [0, 0.1) is 0 Å². The van der Waals surface area contributed by atoms with E-state index in [0.29, 0.717) is 0 Å². The van der Waals surface area contributed by atoms with E-state index in [9.17, 15) is 15.3 Å². The van der Waals surface area contributed by atoms with E-state index in [-0.39, 0.29) is 11.5 Å². The van der Waals surface area contributed by atoms with Crippen molar-refractivity contribution in [3.63, 3.8) is 0 Å². The van der Waals surface area contributed by atoms with Crippen LogP contribution in [0.15, 0.2) is 66.7 Å². The monoisotopic (exact) mass is 413 g/mol. The summed E-state index contributed by atoms with van der Waals surface area (Å²) in [5.74, 6) is 0.393. The van der Waals surface area contributed by atoms with Crippen molar-refractivity contribution in [1.82, 2.24) is 0 Å². The van der Waals surface area contributed by atoms with Crippen LogP contribution in [-0.4, -0.2) is 34.0 Å². The summed E-state index contributed by atoms with van der Waals surface area (Å²) >= 11 is 0. The molecular formula is C26H26BO4. The minimum atomic E-state index is -1.00. The van der Waals surface area contributed by atoms with Crippen LogP contribution in [0.3, 0.4) is 0 Å². The van der Waals surface area contributed by atoms with Gasteiger partial charge in [0, 0.05) is 0 Å². The fourth-order valence-corrected chi connectivity index (χ4v) is 3.50. The molecule has 4 rings (SSSR count). The van der Waals surface area contributed by atoms with Crippen molar-refractivity contribution in [3.05, 3.63) is 66.7 Å².